The molecule has 170 valence electrons. The maximum absolute atomic E-state index is 12.3. The summed E-state index contributed by atoms with van der Waals surface area (Å²) in [6.07, 6.45) is 7.73. The standard InChI is InChI=1S/C26H27N3O3S/c1-31-25(30)19-12-6-5-11-18(19)21-14-15-22(32-21)24-23(20-13-7-8-16-27-20)28-26(33)29(24)17-9-3-2-4-10-17/h5-8,11-17,23-24H,2-4,9-10H2,1H3,(H,28,33)/t23-,24-/m0/s1. The molecule has 0 amide bonds. The lowest BCUT2D eigenvalue weighted by Crippen LogP contribution is -2.40. The smallest absolute Gasteiger partial charge is 0.338 e. The molecule has 0 spiro atoms. The highest BCUT2D eigenvalue weighted by atomic mass is 32.1. The number of thiocarbonyl (C=S) groups is 1. The van der Waals surface area contributed by atoms with Crippen LogP contribution in [0.1, 0.15) is 66.0 Å². The molecule has 2 atom stereocenters. The van der Waals surface area contributed by atoms with Crippen molar-refractivity contribution in [3.05, 3.63) is 77.8 Å². The first-order chi connectivity index (χ1) is 16.2. The molecule has 1 aliphatic heterocycles. The maximum atomic E-state index is 12.3. The third-order valence-corrected chi connectivity index (χ3v) is 6.95. The van der Waals surface area contributed by atoms with Gasteiger partial charge in [-0.2, -0.15) is 0 Å². The number of pyridine rings is 1. The number of rotatable bonds is 5. The van der Waals surface area contributed by atoms with Crippen LogP contribution < -0.4 is 5.32 Å². The van der Waals surface area contributed by atoms with E-state index in [2.05, 4.69) is 15.2 Å². The van der Waals surface area contributed by atoms with E-state index >= 15 is 0 Å². The highest BCUT2D eigenvalue weighted by Gasteiger charge is 2.44. The summed E-state index contributed by atoms with van der Waals surface area (Å²) >= 11 is 5.83. The number of benzene rings is 1. The Balaban J connectivity index is 1.55. The van der Waals surface area contributed by atoms with Gasteiger partial charge in [0, 0.05) is 17.8 Å². The molecule has 3 heterocycles. The number of nitrogens with one attached hydrogen (secondary N) is 1. The van der Waals surface area contributed by atoms with Crippen LogP contribution in [0.3, 0.4) is 0 Å². The third kappa shape index (κ3) is 4.13. The molecule has 0 bridgehead atoms. The van der Waals surface area contributed by atoms with E-state index in [0.29, 0.717) is 22.9 Å². The number of furan rings is 1. The molecule has 1 aliphatic carbocycles. The molecular weight excluding hydrogens is 434 g/mol. The van der Waals surface area contributed by atoms with Gasteiger partial charge < -0.3 is 19.4 Å². The first-order valence-corrected chi connectivity index (χ1v) is 11.9. The van der Waals surface area contributed by atoms with Gasteiger partial charge in [0.15, 0.2) is 5.11 Å². The predicted octanol–water partition coefficient (Wildman–Crippen LogP) is 5.43. The second-order valence-corrected chi connectivity index (χ2v) is 8.95. The number of esters is 1. The van der Waals surface area contributed by atoms with E-state index in [4.69, 9.17) is 21.4 Å². The molecule has 7 heteroatoms. The summed E-state index contributed by atoms with van der Waals surface area (Å²) in [4.78, 5) is 19.2. The van der Waals surface area contributed by atoms with Crippen LogP contribution in [0.25, 0.3) is 11.3 Å². The fraction of sp³-hybridized carbons (Fsp3) is 0.346. The summed E-state index contributed by atoms with van der Waals surface area (Å²) in [6.45, 7) is 0. The Morgan fingerprint density at radius 3 is 2.64 bits per heavy atom. The highest BCUT2D eigenvalue weighted by molar-refractivity contribution is 7.80. The first-order valence-electron chi connectivity index (χ1n) is 11.4. The molecule has 2 fully saturated rings. The van der Waals surface area contributed by atoms with Gasteiger partial charge in [0.1, 0.15) is 17.6 Å². The first kappa shape index (κ1) is 21.6. The lowest BCUT2D eigenvalue weighted by molar-refractivity contribution is 0.0601. The second kappa shape index (κ2) is 9.35. The van der Waals surface area contributed by atoms with Crippen molar-refractivity contribution in [2.24, 2.45) is 0 Å². The van der Waals surface area contributed by atoms with Crippen molar-refractivity contribution in [2.45, 2.75) is 50.2 Å². The van der Waals surface area contributed by atoms with Crippen LogP contribution in [0.15, 0.2) is 65.2 Å². The molecule has 1 saturated carbocycles. The Bertz CT molecular complexity index is 1140. The summed E-state index contributed by atoms with van der Waals surface area (Å²) in [5, 5.41) is 4.26. The SMILES string of the molecule is COC(=O)c1ccccc1-c1ccc([C@H]2[C@H](c3ccccn3)NC(=S)N2C2CCCCC2)o1. The Labute approximate surface area is 199 Å². The van der Waals surface area contributed by atoms with Crippen LogP contribution in [-0.4, -0.2) is 34.1 Å². The van der Waals surface area contributed by atoms with E-state index in [1.54, 1.807) is 12.3 Å². The molecule has 2 aromatic heterocycles. The summed E-state index contributed by atoms with van der Waals surface area (Å²) in [6, 6.07) is 17.3. The molecule has 1 aromatic carbocycles. The topological polar surface area (TPSA) is 67.6 Å². The minimum absolute atomic E-state index is 0.115. The zero-order chi connectivity index (χ0) is 22.8. The van der Waals surface area contributed by atoms with Crippen LogP contribution in [0, 0.1) is 0 Å². The summed E-state index contributed by atoms with van der Waals surface area (Å²) in [5.41, 5.74) is 2.12. The number of carbonyl (C=O) groups excluding carboxylic acids is 1. The highest BCUT2D eigenvalue weighted by Crippen LogP contribution is 2.43. The maximum Gasteiger partial charge on any atom is 0.338 e. The molecule has 1 saturated heterocycles. The van der Waals surface area contributed by atoms with Crippen molar-refractivity contribution in [1.29, 1.82) is 0 Å². The van der Waals surface area contributed by atoms with Crippen molar-refractivity contribution < 1.29 is 13.9 Å². The lowest BCUT2D eigenvalue weighted by atomic mass is 9.92. The van der Waals surface area contributed by atoms with E-state index in [-0.39, 0.29) is 18.1 Å². The summed E-state index contributed by atoms with van der Waals surface area (Å²) in [5.74, 6) is 1.05. The zero-order valence-electron chi connectivity index (χ0n) is 18.6. The van der Waals surface area contributed by atoms with Gasteiger partial charge in [-0.25, -0.2) is 4.79 Å². The number of ether oxygens (including phenoxy) is 1. The number of hydrogen-bond donors (Lipinski definition) is 1. The van der Waals surface area contributed by atoms with Gasteiger partial charge >= 0.3 is 5.97 Å². The number of nitrogens with zero attached hydrogens (tertiary/aromatic N) is 2. The fourth-order valence-corrected chi connectivity index (χ4v) is 5.45. The van der Waals surface area contributed by atoms with Gasteiger partial charge in [-0.1, -0.05) is 43.5 Å². The predicted molar refractivity (Wildman–Crippen MR) is 130 cm³/mol. The monoisotopic (exact) mass is 461 g/mol. The van der Waals surface area contributed by atoms with Crippen molar-refractivity contribution in [1.82, 2.24) is 15.2 Å². The van der Waals surface area contributed by atoms with Crippen molar-refractivity contribution in [3.8, 4) is 11.3 Å². The van der Waals surface area contributed by atoms with E-state index < -0.39 is 0 Å². The van der Waals surface area contributed by atoms with Gasteiger partial charge in [-0.3, -0.25) is 4.98 Å². The zero-order valence-corrected chi connectivity index (χ0v) is 19.4. The number of methoxy groups -OCH3 is 1. The molecule has 3 aromatic rings. The number of carbonyl (C=O) groups is 1. The summed E-state index contributed by atoms with van der Waals surface area (Å²) in [7, 11) is 1.39. The van der Waals surface area contributed by atoms with Gasteiger partial charge in [0.25, 0.3) is 0 Å². The Hall–Kier alpha value is -3.19. The quantitative estimate of drug-likeness (QED) is 0.401. The second-order valence-electron chi connectivity index (χ2n) is 8.56. The van der Waals surface area contributed by atoms with E-state index in [9.17, 15) is 4.79 Å². The Kier molecular flexibility index (Phi) is 6.13. The molecule has 0 radical (unpaired) electrons. The molecule has 33 heavy (non-hydrogen) atoms. The van der Waals surface area contributed by atoms with Crippen molar-refractivity contribution in [2.75, 3.05) is 7.11 Å². The van der Waals surface area contributed by atoms with Gasteiger partial charge in [0.2, 0.25) is 0 Å². The summed E-state index contributed by atoms with van der Waals surface area (Å²) < 4.78 is 11.4. The van der Waals surface area contributed by atoms with Crippen LogP contribution in [0.4, 0.5) is 0 Å². The van der Waals surface area contributed by atoms with Crippen LogP contribution in [0.5, 0.6) is 0 Å². The average Bonchev–Trinajstić information content (AvgIpc) is 3.49. The molecular formula is C26H27N3O3S. The van der Waals surface area contributed by atoms with Crippen LogP contribution >= 0.6 is 12.2 Å². The van der Waals surface area contributed by atoms with E-state index in [1.165, 1.54) is 26.4 Å². The molecule has 0 unspecified atom stereocenters. The minimum Gasteiger partial charge on any atom is -0.465 e. The van der Waals surface area contributed by atoms with Crippen molar-refractivity contribution >= 4 is 23.3 Å². The van der Waals surface area contributed by atoms with E-state index in [1.807, 2.05) is 48.5 Å². The van der Waals surface area contributed by atoms with Crippen LogP contribution in [-0.2, 0) is 4.74 Å². The normalized spacial score (nSPS) is 21.1. The minimum atomic E-state index is -0.387. The average molecular weight is 462 g/mol. The fourth-order valence-electron chi connectivity index (χ4n) is 5.07. The van der Waals surface area contributed by atoms with Gasteiger partial charge in [-0.05, 0) is 55.4 Å². The number of hydrogen-bond acceptors (Lipinski definition) is 5. The van der Waals surface area contributed by atoms with Crippen LogP contribution in [0.2, 0.25) is 0 Å². The number of aromatic nitrogens is 1. The van der Waals surface area contributed by atoms with E-state index in [0.717, 1.165) is 29.4 Å². The third-order valence-electron chi connectivity index (χ3n) is 6.62. The Morgan fingerprint density at radius 1 is 1.09 bits per heavy atom. The molecule has 1 N–H and O–H groups in total. The van der Waals surface area contributed by atoms with Crippen molar-refractivity contribution in [3.63, 3.8) is 0 Å². The molecule has 5 rings (SSSR count). The largest absolute Gasteiger partial charge is 0.465 e. The molecule has 6 nitrogen and oxygen atoms in total. The lowest BCUT2D eigenvalue weighted by Gasteiger charge is -2.36. The van der Waals surface area contributed by atoms with Gasteiger partial charge in [0.05, 0.1) is 24.4 Å². The molecule has 2 aliphatic rings. The Morgan fingerprint density at radius 2 is 1.88 bits per heavy atom. The van der Waals surface area contributed by atoms with Gasteiger partial charge in [-0.15, -0.1) is 0 Å².